The van der Waals surface area contributed by atoms with Crippen LogP contribution in [0.25, 0.3) is 0 Å². The molecule has 1 N–H and O–H groups in total. The second kappa shape index (κ2) is 5.37. The van der Waals surface area contributed by atoms with E-state index in [1.807, 2.05) is 11.6 Å². The summed E-state index contributed by atoms with van der Waals surface area (Å²) in [6.07, 6.45) is 6.12. The van der Waals surface area contributed by atoms with Crippen molar-refractivity contribution >= 4 is 11.9 Å². The summed E-state index contributed by atoms with van der Waals surface area (Å²) in [6.45, 7) is -0.0589. The number of carboxylic acid groups (broad SMARTS) is 1. The van der Waals surface area contributed by atoms with E-state index < -0.39 is 5.97 Å². The van der Waals surface area contributed by atoms with Gasteiger partial charge in [-0.2, -0.15) is 0 Å². The van der Waals surface area contributed by atoms with E-state index in [0.29, 0.717) is 11.9 Å². The molecule has 18 heavy (non-hydrogen) atoms. The zero-order valence-electron chi connectivity index (χ0n) is 11.0. The van der Waals surface area contributed by atoms with Gasteiger partial charge in [-0.3, -0.25) is 4.79 Å². The van der Waals surface area contributed by atoms with E-state index in [-0.39, 0.29) is 6.54 Å². The highest BCUT2D eigenvalue weighted by molar-refractivity contribution is 5.72. The Bertz CT molecular complexity index is 424. The maximum absolute atomic E-state index is 10.7. The van der Waals surface area contributed by atoms with E-state index in [9.17, 15) is 4.79 Å². The molecule has 0 saturated heterocycles. The van der Waals surface area contributed by atoms with Crippen LogP contribution in [0.2, 0.25) is 0 Å². The minimum atomic E-state index is -0.861. The molecule has 1 aromatic rings. The molecule has 0 atom stereocenters. The van der Waals surface area contributed by atoms with Gasteiger partial charge in [0.1, 0.15) is 12.4 Å². The minimum Gasteiger partial charge on any atom is -0.480 e. The van der Waals surface area contributed by atoms with Gasteiger partial charge in [0.25, 0.3) is 0 Å². The molecule has 1 aromatic heterocycles. The number of aromatic nitrogens is 3. The summed E-state index contributed by atoms with van der Waals surface area (Å²) in [5.74, 6) is 1.22. The summed E-state index contributed by atoms with van der Waals surface area (Å²) in [7, 11) is 3.64. The third-order valence-electron chi connectivity index (χ3n) is 3.57. The van der Waals surface area contributed by atoms with Gasteiger partial charge >= 0.3 is 5.97 Å². The zero-order chi connectivity index (χ0) is 13.1. The minimum absolute atomic E-state index is 0.0589. The number of rotatable bonds is 4. The van der Waals surface area contributed by atoms with Gasteiger partial charge in [-0.15, -0.1) is 10.2 Å². The summed E-state index contributed by atoms with van der Waals surface area (Å²) in [6, 6.07) is 0. The third kappa shape index (κ3) is 2.63. The van der Waals surface area contributed by atoms with Gasteiger partial charge in [0.05, 0.1) is 0 Å². The van der Waals surface area contributed by atoms with Crippen LogP contribution in [0.5, 0.6) is 0 Å². The van der Waals surface area contributed by atoms with Gasteiger partial charge < -0.3 is 14.6 Å². The Hall–Kier alpha value is -1.59. The smallest absolute Gasteiger partial charge is 0.323 e. The lowest BCUT2D eigenvalue weighted by Gasteiger charge is -2.21. The van der Waals surface area contributed by atoms with Crippen LogP contribution in [-0.4, -0.2) is 39.4 Å². The van der Waals surface area contributed by atoms with Crippen LogP contribution >= 0.6 is 0 Å². The molecule has 100 valence electrons. The fraction of sp³-hybridized carbons (Fsp3) is 0.750. The number of hydrogen-bond acceptors (Lipinski definition) is 4. The van der Waals surface area contributed by atoms with Crippen molar-refractivity contribution in [3.8, 4) is 0 Å². The predicted molar refractivity (Wildman–Crippen MR) is 67.7 cm³/mol. The summed E-state index contributed by atoms with van der Waals surface area (Å²) >= 11 is 0. The Kier molecular flexibility index (Phi) is 3.84. The quantitative estimate of drug-likeness (QED) is 0.876. The highest BCUT2D eigenvalue weighted by Crippen LogP contribution is 2.32. The molecule has 0 bridgehead atoms. The van der Waals surface area contributed by atoms with Crippen molar-refractivity contribution in [2.24, 2.45) is 7.05 Å². The molecule has 1 aliphatic rings. The summed E-state index contributed by atoms with van der Waals surface area (Å²) in [5, 5.41) is 17.2. The Balaban J connectivity index is 2.14. The van der Waals surface area contributed by atoms with Crippen molar-refractivity contribution in [1.82, 2.24) is 14.8 Å². The molecule has 6 nitrogen and oxygen atoms in total. The molecule has 1 heterocycles. The third-order valence-corrected chi connectivity index (χ3v) is 3.57. The molecule has 0 aromatic carbocycles. The van der Waals surface area contributed by atoms with Gasteiger partial charge in [-0.05, 0) is 12.8 Å². The van der Waals surface area contributed by atoms with Gasteiger partial charge in [0, 0.05) is 20.0 Å². The van der Waals surface area contributed by atoms with E-state index in [0.717, 1.165) is 18.7 Å². The van der Waals surface area contributed by atoms with E-state index in [4.69, 9.17) is 5.11 Å². The first-order valence-electron chi connectivity index (χ1n) is 6.42. The van der Waals surface area contributed by atoms with E-state index in [1.54, 1.807) is 11.9 Å². The predicted octanol–water partition coefficient (Wildman–Crippen LogP) is 1.38. The second-order valence-corrected chi connectivity index (χ2v) is 5.00. The second-order valence-electron chi connectivity index (χ2n) is 5.00. The van der Waals surface area contributed by atoms with Crippen molar-refractivity contribution in [2.75, 3.05) is 18.5 Å². The summed E-state index contributed by atoms with van der Waals surface area (Å²) in [4.78, 5) is 12.3. The number of likely N-dealkylation sites (N-methyl/N-ethyl adjacent to an activating group) is 1. The van der Waals surface area contributed by atoms with Crippen LogP contribution in [0.3, 0.4) is 0 Å². The maximum atomic E-state index is 10.7. The molecular formula is C12H20N4O2. The molecule has 0 radical (unpaired) electrons. The van der Waals surface area contributed by atoms with Crippen molar-refractivity contribution in [3.63, 3.8) is 0 Å². The lowest BCUT2D eigenvalue weighted by Crippen LogP contribution is -2.27. The molecule has 0 aliphatic heterocycles. The first kappa shape index (κ1) is 12.9. The van der Waals surface area contributed by atoms with Crippen molar-refractivity contribution in [1.29, 1.82) is 0 Å². The van der Waals surface area contributed by atoms with Crippen molar-refractivity contribution < 1.29 is 9.90 Å². The van der Waals surface area contributed by atoms with E-state index >= 15 is 0 Å². The Morgan fingerprint density at radius 3 is 2.67 bits per heavy atom. The molecule has 6 heteroatoms. The highest BCUT2D eigenvalue weighted by Gasteiger charge is 2.23. The summed E-state index contributed by atoms with van der Waals surface area (Å²) < 4.78 is 1.93. The monoisotopic (exact) mass is 252 g/mol. The van der Waals surface area contributed by atoms with Gasteiger partial charge in [0.15, 0.2) is 0 Å². The topological polar surface area (TPSA) is 71.2 Å². The average molecular weight is 252 g/mol. The highest BCUT2D eigenvalue weighted by atomic mass is 16.4. The van der Waals surface area contributed by atoms with E-state index in [2.05, 4.69) is 10.2 Å². The van der Waals surface area contributed by atoms with Crippen LogP contribution in [0.15, 0.2) is 0 Å². The maximum Gasteiger partial charge on any atom is 0.323 e. The molecule has 1 saturated carbocycles. The SMILES string of the molecule is CN(CC(=O)O)c1nnc(C2CCCCC2)n1C. The normalized spacial score (nSPS) is 16.8. The molecule has 0 spiro atoms. The lowest BCUT2D eigenvalue weighted by atomic mass is 9.89. The molecule has 1 fully saturated rings. The number of hydrogen-bond donors (Lipinski definition) is 1. The molecule has 1 aliphatic carbocycles. The Labute approximate surface area is 107 Å². The largest absolute Gasteiger partial charge is 0.480 e. The fourth-order valence-corrected chi connectivity index (χ4v) is 2.65. The number of carbonyl (C=O) groups is 1. The van der Waals surface area contributed by atoms with E-state index in [1.165, 1.54) is 19.3 Å². The standard InChI is InChI=1S/C12H20N4O2/c1-15(8-10(17)18)12-14-13-11(16(12)2)9-6-4-3-5-7-9/h9H,3-8H2,1-2H3,(H,17,18). The lowest BCUT2D eigenvalue weighted by molar-refractivity contribution is -0.135. The van der Waals surface area contributed by atoms with Crippen LogP contribution < -0.4 is 4.90 Å². The number of carboxylic acids is 1. The van der Waals surface area contributed by atoms with Crippen molar-refractivity contribution in [2.45, 2.75) is 38.0 Å². The van der Waals surface area contributed by atoms with Crippen molar-refractivity contribution in [3.05, 3.63) is 5.82 Å². The first-order valence-corrected chi connectivity index (χ1v) is 6.42. The van der Waals surface area contributed by atoms with Gasteiger partial charge in [-0.25, -0.2) is 0 Å². The van der Waals surface area contributed by atoms with Crippen LogP contribution in [0, 0.1) is 0 Å². The van der Waals surface area contributed by atoms with Crippen LogP contribution in [0.4, 0.5) is 5.95 Å². The number of aliphatic carboxylic acids is 1. The Morgan fingerprint density at radius 2 is 2.06 bits per heavy atom. The average Bonchev–Trinajstić information content (AvgIpc) is 2.71. The molecule has 0 unspecified atom stereocenters. The first-order chi connectivity index (χ1) is 8.59. The molecule has 2 rings (SSSR count). The number of anilines is 1. The van der Waals surface area contributed by atoms with Gasteiger partial charge in [-0.1, -0.05) is 19.3 Å². The molecular weight excluding hydrogens is 232 g/mol. The zero-order valence-corrected chi connectivity index (χ0v) is 11.0. The summed E-state index contributed by atoms with van der Waals surface area (Å²) in [5.41, 5.74) is 0. The molecule has 0 amide bonds. The van der Waals surface area contributed by atoms with Gasteiger partial charge in [0.2, 0.25) is 5.95 Å². The van der Waals surface area contributed by atoms with Crippen LogP contribution in [0.1, 0.15) is 43.8 Å². The number of nitrogens with zero attached hydrogens (tertiary/aromatic N) is 4. The fourth-order valence-electron chi connectivity index (χ4n) is 2.65. The van der Waals surface area contributed by atoms with Crippen LogP contribution in [-0.2, 0) is 11.8 Å². The Morgan fingerprint density at radius 1 is 1.39 bits per heavy atom.